The SMILES string of the molecule is O=C1[CH]CC(=O)N1C(=O)OCC1c2ccccc2-c2ccccc21. The third-order valence-electron chi connectivity index (χ3n) is 4.44. The Kier molecular flexibility index (Phi) is 3.41. The Balaban J connectivity index is 1.58. The van der Waals surface area contributed by atoms with Crippen LogP contribution in [0.15, 0.2) is 48.5 Å². The van der Waals surface area contributed by atoms with E-state index in [1.807, 2.05) is 48.5 Å². The fourth-order valence-corrected chi connectivity index (χ4v) is 3.33. The largest absolute Gasteiger partial charge is 0.448 e. The highest BCUT2D eigenvalue weighted by Gasteiger charge is 2.37. The lowest BCUT2D eigenvalue weighted by atomic mass is 9.98. The third kappa shape index (κ3) is 2.21. The maximum Gasteiger partial charge on any atom is 0.423 e. The van der Waals surface area contributed by atoms with E-state index in [1.54, 1.807) is 0 Å². The van der Waals surface area contributed by atoms with Crippen LogP contribution in [0.3, 0.4) is 0 Å². The summed E-state index contributed by atoms with van der Waals surface area (Å²) in [5.74, 6) is -1.26. The zero-order chi connectivity index (χ0) is 16.7. The number of carbonyl (C=O) groups excluding carboxylic acids is 3. The molecule has 2 aromatic carbocycles. The van der Waals surface area contributed by atoms with Gasteiger partial charge in [-0.1, -0.05) is 48.5 Å². The Morgan fingerprint density at radius 3 is 2.12 bits per heavy atom. The Labute approximate surface area is 138 Å². The molecular formula is C19H14NO4. The van der Waals surface area contributed by atoms with Crippen molar-refractivity contribution in [1.29, 1.82) is 0 Å². The number of ether oxygens (including phenoxy) is 1. The molecule has 1 aliphatic heterocycles. The Morgan fingerprint density at radius 1 is 1.00 bits per heavy atom. The molecular weight excluding hydrogens is 306 g/mol. The molecule has 0 atom stereocenters. The summed E-state index contributed by atoms with van der Waals surface area (Å²) in [5.41, 5.74) is 4.40. The van der Waals surface area contributed by atoms with Crippen molar-refractivity contribution in [3.05, 3.63) is 66.1 Å². The van der Waals surface area contributed by atoms with Crippen LogP contribution in [-0.4, -0.2) is 29.4 Å². The Morgan fingerprint density at radius 2 is 1.58 bits per heavy atom. The number of imide groups is 3. The van der Waals surface area contributed by atoms with Crippen LogP contribution in [0.25, 0.3) is 11.1 Å². The minimum Gasteiger partial charge on any atom is -0.448 e. The Bertz CT molecular complexity index is 796. The molecule has 1 saturated heterocycles. The molecule has 5 heteroatoms. The van der Waals surface area contributed by atoms with Crippen LogP contribution in [-0.2, 0) is 14.3 Å². The van der Waals surface area contributed by atoms with E-state index in [-0.39, 0.29) is 18.9 Å². The van der Waals surface area contributed by atoms with Gasteiger partial charge in [-0.3, -0.25) is 9.59 Å². The molecule has 0 saturated carbocycles. The zero-order valence-corrected chi connectivity index (χ0v) is 12.8. The molecule has 2 aromatic rings. The monoisotopic (exact) mass is 320 g/mol. The molecule has 24 heavy (non-hydrogen) atoms. The third-order valence-corrected chi connectivity index (χ3v) is 4.44. The molecule has 0 N–H and O–H groups in total. The van der Waals surface area contributed by atoms with Gasteiger partial charge in [0.1, 0.15) is 6.61 Å². The van der Waals surface area contributed by atoms with Crippen molar-refractivity contribution >= 4 is 17.9 Å². The first-order valence-electron chi connectivity index (χ1n) is 7.72. The summed E-state index contributed by atoms with van der Waals surface area (Å²) in [5, 5.41) is 0. The summed E-state index contributed by atoms with van der Waals surface area (Å²) >= 11 is 0. The summed E-state index contributed by atoms with van der Waals surface area (Å²) in [4.78, 5) is 35.8. The molecule has 0 aromatic heterocycles. The first-order chi connectivity index (χ1) is 11.7. The lowest BCUT2D eigenvalue weighted by Crippen LogP contribution is -2.36. The van der Waals surface area contributed by atoms with Gasteiger partial charge in [0.05, 0.1) is 6.42 Å². The van der Waals surface area contributed by atoms with Crippen LogP contribution in [0.1, 0.15) is 23.5 Å². The van der Waals surface area contributed by atoms with Crippen LogP contribution in [0.5, 0.6) is 0 Å². The molecule has 3 amide bonds. The molecule has 0 spiro atoms. The molecule has 5 nitrogen and oxygen atoms in total. The number of benzene rings is 2. The summed E-state index contributed by atoms with van der Waals surface area (Å²) in [7, 11) is 0. The lowest BCUT2D eigenvalue weighted by Gasteiger charge is -2.17. The number of nitrogens with zero attached hydrogens (tertiary/aromatic N) is 1. The van der Waals surface area contributed by atoms with Crippen LogP contribution >= 0.6 is 0 Å². The Hall–Kier alpha value is -2.95. The van der Waals surface area contributed by atoms with Crippen molar-refractivity contribution < 1.29 is 19.1 Å². The van der Waals surface area contributed by atoms with Crippen LogP contribution < -0.4 is 0 Å². The second-order valence-electron chi connectivity index (χ2n) is 5.78. The minimum absolute atomic E-state index is 0.0526. The predicted molar refractivity (Wildman–Crippen MR) is 85.8 cm³/mol. The van der Waals surface area contributed by atoms with Crippen LogP contribution in [0, 0.1) is 6.42 Å². The van der Waals surface area contributed by atoms with E-state index in [0.29, 0.717) is 4.90 Å². The topological polar surface area (TPSA) is 63.7 Å². The zero-order valence-electron chi connectivity index (χ0n) is 12.8. The number of likely N-dealkylation sites (tertiary alicyclic amines) is 1. The standard InChI is InChI=1S/C19H14NO4/c21-17-9-10-18(22)20(17)19(23)24-11-16-14-7-3-1-5-12(14)13-6-2-4-8-15(13)16/h1-9,16H,10-11H2. The molecule has 1 radical (unpaired) electrons. The molecule has 2 aliphatic rings. The number of amides is 3. The smallest absolute Gasteiger partial charge is 0.423 e. The number of fused-ring (bicyclic) bond motifs is 3. The fraction of sp³-hybridized carbons (Fsp3) is 0.158. The van der Waals surface area contributed by atoms with Crippen LogP contribution in [0.2, 0.25) is 0 Å². The average Bonchev–Trinajstić information content (AvgIpc) is 3.10. The first kappa shape index (κ1) is 14.6. The average molecular weight is 320 g/mol. The number of carbonyl (C=O) groups is 3. The van der Waals surface area contributed by atoms with Crippen molar-refractivity contribution in [2.45, 2.75) is 12.3 Å². The number of hydrogen-bond donors (Lipinski definition) is 0. The van der Waals surface area contributed by atoms with Gasteiger partial charge in [0.25, 0.3) is 0 Å². The van der Waals surface area contributed by atoms with E-state index < -0.39 is 17.9 Å². The van der Waals surface area contributed by atoms with Gasteiger partial charge >= 0.3 is 6.09 Å². The van der Waals surface area contributed by atoms with Gasteiger partial charge in [-0.2, -0.15) is 4.90 Å². The molecule has 1 aliphatic carbocycles. The highest BCUT2D eigenvalue weighted by Crippen LogP contribution is 2.44. The normalized spacial score (nSPS) is 16.2. The van der Waals surface area contributed by atoms with Gasteiger partial charge in [-0.05, 0) is 22.3 Å². The van der Waals surface area contributed by atoms with Crippen molar-refractivity contribution in [3.8, 4) is 11.1 Å². The van der Waals surface area contributed by atoms with Gasteiger partial charge < -0.3 is 4.74 Å². The molecule has 4 rings (SSSR count). The lowest BCUT2D eigenvalue weighted by molar-refractivity contribution is -0.135. The highest BCUT2D eigenvalue weighted by molar-refractivity contribution is 6.17. The molecule has 0 bridgehead atoms. The maximum atomic E-state index is 12.1. The van der Waals surface area contributed by atoms with Crippen molar-refractivity contribution in [3.63, 3.8) is 0 Å². The molecule has 0 unspecified atom stereocenters. The number of hydrogen-bond acceptors (Lipinski definition) is 4. The van der Waals surface area contributed by atoms with E-state index in [0.717, 1.165) is 22.3 Å². The van der Waals surface area contributed by atoms with Gasteiger partial charge in [-0.15, -0.1) is 0 Å². The van der Waals surface area contributed by atoms with E-state index in [4.69, 9.17) is 4.74 Å². The predicted octanol–water partition coefficient (Wildman–Crippen LogP) is 2.90. The minimum atomic E-state index is -0.902. The van der Waals surface area contributed by atoms with Gasteiger partial charge in [0.15, 0.2) is 0 Å². The summed E-state index contributed by atoms with van der Waals surface area (Å²) in [6, 6.07) is 15.9. The summed E-state index contributed by atoms with van der Waals surface area (Å²) < 4.78 is 5.29. The van der Waals surface area contributed by atoms with Gasteiger partial charge in [0.2, 0.25) is 11.8 Å². The van der Waals surface area contributed by atoms with Crippen molar-refractivity contribution in [2.24, 2.45) is 0 Å². The molecule has 1 fully saturated rings. The second kappa shape index (κ2) is 5.60. The van der Waals surface area contributed by atoms with E-state index in [1.165, 1.54) is 6.42 Å². The molecule has 1 heterocycles. The van der Waals surface area contributed by atoms with Crippen LogP contribution in [0.4, 0.5) is 4.79 Å². The van der Waals surface area contributed by atoms with Crippen molar-refractivity contribution in [2.75, 3.05) is 6.61 Å². The van der Waals surface area contributed by atoms with E-state index in [2.05, 4.69) is 0 Å². The highest BCUT2D eigenvalue weighted by atomic mass is 16.6. The molecule has 119 valence electrons. The summed E-state index contributed by atoms with van der Waals surface area (Å²) in [6.07, 6.45) is 0.230. The quantitative estimate of drug-likeness (QED) is 0.798. The first-order valence-corrected chi connectivity index (χ1v) is 7.72. The fourth-order valence-electron chi connectivity index (χ4n) is 3.33. The van der Waals surface area contributed by atoms with Gasteiger partial charge in [-0.25, -0.2) is 4.79 Å². The van der Waals surface area contributed by atoms with E-state index >= 15 is 0 Å². The van der Waals surface area contributed by atoms with E-state index in [9.17, 15) is 14.4 Å². The van der Waals surface area contributed by atoms with Gasteiger partial charge in [0, 0.05) is 12.3 Å². The van der Waals surface area contributed by atoms with Crippen molar-refractivity contribution in [1.82, 2.24) is 4.90 Å². The maximum absolute atomic E-state index is 12.1. The second-order valence-corrected chi connectivity index (χ2v) is 5.78. The number of rotatable bonds is 2. The summed E-state index contributed by atoms with van der Waals surface area (Å²) in [6.45, 7) is 0.0872.